The number of carbonyl (C=O) groups excluding carboxylic acids is 4. The van der Waals surface area contributed by atoms with Crippen molar-refractivity contribution in [2.24, 2.45) is 10.8 Å². The number of aliphatic hydroxyl groups excluding tert-OH is 2. The van der Waals surface area contributed by atoms with Crippen molar-refractivity contribution in [3.05, 3.63) is 48.0 Å². The van der Waals surface area contributed by atoms with Gasteiger partial charge in [-0.2, -0.15) is 0 Å². The molecule has 2 amide bonds. The number of ether oxygens (including phenoxy) is 2. The van der Waals surface area contributed by atoms with E-state index in [0.29, 0.717) is 12.9 Å². The lowest BCUT2D eigenvalue weighted by Gasteiger charge is -2.36. The molecule has 1 aromatic carbocycles. The van der Waals surface area contributed by atoms with Crippen LogP contribution in [-0.2, 0) is 73.1 Å². The number of nitrogens with one attached hydrogen (secondary N) is 2. The first-order valence-corrected chi connectivity index (χ1v) is 27.9. The molecule has 3 aromatic rings. The molecule has 0 saturated carbocycles. The van der Waals surface area contributed by atoms with Gasteiger partial charge in [-0.3, -0.25) is 32.9 Å². The Balaban J connectivity index is 1.11. The van der Waals surface area contributed by atoms with E-state index in [-0.39, 0.29) is 48.7 Å². The summed E-state index contributed by atoms with van der Waals surface area (Å²) in [4.78, 5) is 109. The Kier molecular flexibility index (Phi) is 22.4. The summed E-state index contributed by atoms with van der Waals surface area (Å²) in [6.07, 6.45) is 0.517. The number of benzene rings is 1. The number of hydrogen-bond donors (Lipinski definition) is 5. The SMILES string of the molecule is CC(C)(CCCCc1ccc(CCCCCC(C)(C)C(=O)CCNC(=O)CCNC(=O)C(O)C(C)(C)COP(=O)([O-])OP(=O)([O-])OCC2OC(n3cnc4c(N)ncnc43)C(O)C2OP(=O)([O-])[O-])cc1)OC=O. The van der Waals surface area contributed by atoms with Crippen LogP contribution in [0.15, 0.2) is 36.9 Å². The molecule has 2 aromatic heterocycles. The van der Waals surface area contributed by atoms with Crippen LogP contribution in [0.2, 0.25) is 0 Å². The van der Waals surface area contributed by atoms with E-state index >= 15 is 0 Å². The zero-order chi connectivity index (χ0) is 54.4. The minimum atomic E-state index is -5.94. The smallest absolute Gasteiger partial charge is 0.293 e. The fourth-order valence-electron chi connectivity index (χ4n) is 7.72. The molecule has 1 saturated heterocycles. The van der Waals surface area contributed by atoms with Crippen molar-refractivity contribution in [2.75, 3.05) is 32.0 Å². The fourth-order valence-corrected chi connectivity index (χ4v) is 10.5. The van der Waals surface area contributed by atoms with Gasteiger partial charge in [-0.25, -0.2) is 19.3 Å². The van der Waals surface area contributed by atoms with Crippen LogP contribution in [0.1, 0.15) is 117 Å². The van der Waals surface area contributed by atoms with Crippen LogP contribution in [0, 0.1) is 10.8 Å². The number of unbranched alkanes of at least 4 members (excludes halogenated alkanes) is 3. The highest BCUT2D eigenvalue weighted by Crippen LogP contribution is 2.56. The molecule has 3 heterocycles. The Morgan fingerprint density at radius 2 is 1.47 bits per heavy atom. The van der Waals surface area contributed by atoms with Gasteiger partial charge in [0.1, 0.15) is 47.6 Å². The van der Waals surface area contributed by atoms with Crippen LogP contribution in [0.3, 0.4) is 0 Å². The Hall–Kier alpha value is -4.10. The number of aromatic nitrogens is 4. The number of rotatable bonds is 33. The van der Waals surface area contributed by atoms with Crippen molar-refractivity contribution < 1.29 is 90.0 Å². The maximum absolute atomic E-state index is 13.0. The van der Waals surface area contributed by atoms with Gasteiger partial charge in [-0.1, -0.05) is 64.8 Å². The number of phosphoric acid groups is 3. The first kappa shape index (κ1) is 61.4. The number of ketones is 1. The minimum Gasteiger partial charge on any atom is -0.790 e. The summed E-state index contributed by atoms with van der Waals surface area (Å²) in [7, 11) is -17.7. The van der Waals surface area contributed by atoms with Gasteiger partial charge in [0.15, 0.2) is 17.7 Å². The minimum absolute atomic E-state index is 0.0140. The van der Waals surface area contributed by atoms with Crippen molar-refractivity contribution >= 4 is 64.5 Å². The fraction of sp³-hybridized carbons (Fsp3) is 0.659. The molecule has 1 fully saturated rings. The van der Waals surface area contributed by atoms with E-state index in [9.17, 15) is 62.7 Å². The van der Waals surface area contributed by atoms with Gasteiger partial charge in [-0.05, 0) is 69.9 Å². The molecule has 7 unspecified atom stereocenters. The largest absolute Gasteiger partial charge is 0.790 e. The highest BCUT2D eigenvalue weighted by atomic mass is 31.3. The maximum atomic E-state index is 13.0. The third kappa shape index (κ3) is 19.8. The number of amides is 2. The van der Waals surface area contributed by atoms with Crippen LogP contribution in [-0.4, -0.2) is 110 Å². The second-order valence-corrected chi connectivity index (χ2v) is 23.7. The van der Waals surface area contributed by atoms with Crippen molar-refractivity contribution in [1.29, 1.82) is 0 Å². The van der Waals surface area contributed by atoms with Gasteiger partial charge in [0, 0.05) is 36.8 Å². The number of nitrogen functional groups attached to an aromatic ring is 1. The number of Topliss-reactive ketones (excluding diaryl/α,β-unsaturated/α-hetero) is 1. The highest BCUT2D eigenvalue weighted by Gasteiger charge is 2.47. The molecule has 1 aliphatic rings. The summed E-state index contributed by atoms with van der Waals surface area (Å²) < 4.78 is 66.1. The first-order valence-electron chi connectivity index (χ1n) is 23.5. The second-order valence-electron chi connectivity index (χ2n) is 19.6. The average Bonchev–Trinajstić information content (AvgIpc) is 3.86. The van der Waals surface area contributed by atoms with Crippen LogP contribution in [0.5, 0.6) is 0 Å². The molecule has 0 aliphatic carbocycles. The zero-order valence-electron chi connectivity index (χ0n) is 41.6. The van der Waals surface area contributed by atoms with Gasteiger partial charge < -0.3 is 73.8 Å². The molecule has 29 heteroatoms. The number of aryl methyl sites for hydroxylation is 2. The number of hydrogen-bond acceptors (Lipinski definition) is 23. The molecular formula is C44H66N7O19P3-4. The molecule has 7 atom stereocenters. The molecule has 73 heavy (non-hydrogen) atoms. The average molecular weight is 1090 g/mol. The number of aliphatic hydroxyl groups is 2. The topological polar surface area (TPSA) is 401 Å². The van der Waals surface area contributed by atoms with Crippen molar-refractivity contribution in [3.63, 3.8) is 0 Å². The Labute approximate surface area is 422 Å². The van der Waals surface area contributed by atoms with Gasteiger partial charge in [0.05, 0.1) is 27.4 Å². The first-order chi connectivity index (χ1) is 33.9. The van der Waals surface area contributed by atoms with Crippen molar-refractivity contribution in [2.45, 2.75) is 148 Å². The summed E-state index contributed by atoms with van der Waals surface area (Å²) in [6, 6.07) is 8.60. The molecule has 4 rings (SSSR count). The van der Waals surface area contributed by atoms with Crippen LogP contribution in [0.4, 0.5) is 5.82 Å². The van der Waals surface area contributed by atoms with E-state index in [1.807, 2.05) is 27.7 Å². The van der Waals surface area contributed by atoms with E-state index in [4.69, 9.17) is 15.2 Å². The lowest BCUT2D eigenvalue weighted by Crippen LogP contribution is -2.46. The predicted octanol–water partition coefficient (Wildman–Crippen LogP) is 1.33. The standard InChI is InChI=1S/C44H70N7O19P3/c1-42(2,20-10-7-8-12-29-14-16-30(17-15-29)13-9-11-21-44(5,6)65-28-52)32(53)18-22-46-33(54)19-23-47-40(57)37(56)43(3,4)25-67-73(63,64)70-72(61,62)66-24-31-36(69-71(58,59)60)35(55)41(68-31)51-27-50-34-38(45)48-26-49-39(34)51/h14-17,26-28,31,35-37,41,55-56H,7-13,18-25H2,1-6H3,(H,46,54)(H,47,57)(H,61,62)(H,63,64)(H2,45,48,49)(H2,58,59,60)/p-4. The Bertz CT molecular complexity index is 2470. The highest BCUT2D eigenvalue weighted by molar-refractivity contribution is 7.59. The summed E-state index contributed by atoms with van der Waals surface area (Å²) in [5, 5.41) is 26.5. The Morgan fingerprint density at radius 3 is 2.10 bits per heavy atom. The van der Waals surface area contributed by atoms with Crippen LogP contribution >= 0.6 is 23.5 Å². The third-order valence-corrected chi connectivity index (χ3v) is 15.1. The summed E-state index contributed by atoms with van der Waals surface area (Å²) >= 11 is 0. The van der Waals surface area contributed by atoms with E-state index < -0.39 is 95.6 Å². The molecule has 0 spiro atoms. The predicted molar refractivity (Wildman–Crippen MR) is 252 cm³/mol. The van der Waals surface area contributed by atoms with Crippen molar-refractivity contribution in [3.8, 4) is 0 Å². The maximum Gasteiger partial charge on any atom is 0.293 e. The van der Waals surface area contributed by atoms with Gasteiger partial charge in [-0.15, -0.1) is 0 Å². The number of fused-ring (bicyclic) bond motifs is 1. The summed E-state index contributed by atoms with van der Waals surface area (Å²) in [6.45, 7) is 7.98. The van der Waals surface area contributed by atoms with E-state index in [1.54, 1.807) is 0 Å². The quantitative estimate of drug-likeness (QED) is 0.0326. The zero-order valence-corrected chi connectivity index (χ0v) is 44.3. The molecule has 410 valence electrons. The van der Waals surface area contributed by atoms with E-state index in [2.05, 4.69) is 67.7 Å². The Morgan fingerprint density at radius 1 is 0.863 bits per heavy atom. The normalized spacial score (nSPS) is 19.7. The lowest BCUT2D eigenvalue weighted by atomic mass is 9.81. The number of nitrogens with two attached hydrogens (primary N) is 1. The lowest BCUT2D eigenvalue weighted by molar-refractivity contribution is -0.347. The third-order valence-electron chi connectivity index (χ3n) is 12.1. The molecule has 26 nitrogen and oxygen atoms in total. The molecule has 1 aliphatic heterocycles. The number of imidazole rings is 1. The number of phosphoric ester groups is 3. The van der Waals surface area contributed by atoms with Crippen LogP contribution in [0.25, 0.3) is 11.2 Å². The molecule has 6 N–H and O–H groups in total. The van der Waals surface area contributed by atoms with Gasteiger partial charge in [0.25, 0.3) is 22.1 Å². The molecule has 0 radical (unpaired) electrons. The summed E-state index contributed by atoms with van der Waals surface area (Å²) in [5.41, 5.74) is 5.52. The van der Waals surface area contributed by atoms with E-state index in [1.165, 1.54) is 25.0 Å². The van der Waals surface area contributed by atoms with Gasteiger partial charge >= 0.3 is 0 Å². The molecular weight excluding hydrogens is 1020 g/mol. The van der Waals surface area contributed by atoms with Crippen LogP contribution < -0.4 is 35.9 Å². The number of anilines is 1. The number of nitrogens with zero attached hydrogens (tertiary/aromatic N) is 4. The molecule has 0 bridgehead atoms. The monoisotopic (exact) mass is 1090 g/mol. The number of carbonyl (C=O) groups is 4. The second kappa shape index (κ2) is 26.6. The van der Waals surface area contributed by atoms with E-state index in [0.717, 1.165) is 68.6 Å². The summed E-state index contributed by atoms with van der Waals surface area (Å²) in [5.74, 6) is -1.61. The van der Waals surface area contributed by atoms with Crippen molar-refractivity contribution in [1.82, 2.24) is 30.2 Å². The van der Waals surface area contributed by atoms with Gasteiger partial charge in [0.2, 0.25) is 11.8 Å².